The Labute approximate surface area is 200 Å². The summed E-state index contributed by atoms with van der Waals surface area (Å²) in [4.78, 5) is 16.6. The molecular weight excluding hydrogens is 462 g/mol. The minimum absolute atomic E-state index is 0.133. The summed E-state index contributed by atoms with van der Waals surface area (Å²) in [5.74, 6) is 1.29. The fraction of sp³-hybridized carbons (Fsp3) is 0.217. The number of halogens is 1. The van der Waals surface area contributed by atoms with Crippen LogP contribution in [0.5, 0.6) is 0 Å². The maximum atomic E-state index is 12.1. The average Bonchev–Trinajstić information content (AvgIpc) is 3.44. The molecule has 0 spiro atoms. The molecule has 4 aromatic rings. The maximum Gasteiger partial charge on any atom is 0.270 e. The molecule has 1 amide bonds. The third kappa shape index (κ3) is 5.56. The third-order valence-corrected chi connectivity index (χ3v) is 6.82. The molecule has 6 nitrogen and oxygen atoms in total. The van der Waals surface area contributed by atoms with E-state index >= 15 is 0 Å². The zero-order chi connectivity index (χ0) is 22.3. The first-order valence-electron chi connectivity index (χ1n) is 10.2. The number of nitrogens with one attached hydrogen (secondary N) is 1. The van der Waals surface area contributed by atoms with Crippen LogP contribution in [0.3, 0.4) is 0 Å². The van der Waals surface area contributed by atoms with E-state index in [1.807, 2.05) is 54.0 Å². The Morgan fingerprint density at radius 3 is 2.78 bits per heavy atom. The van der Waals surface area contributed by atoms with Crippen molar-refractivity contribution in [1.29, 1.82) is 0 Å². The first-order chi connectivity index (χ1) is 15.6. The molecule has 2 aromatic heterocycles. The lowest BCUT2D eigenvalue weighted by atomic mass is 10.1. The Bertz CT molecular complexity index is 1190. The van der Waals surface area contributed by atoms with E-state index < -0.39 is 0 Å². The third-order valence-electron chi connectivity index (χ3n) is 4.62. The van der Waals surface area contributed by atoms with Gasteiger partial charge in [-0.15, -0.1) is 21.5 Å². The van der Waals surface area contributed by atoms with Crippen LogP contribution in [0.25, 0.3) is 5.69 Å². The van der Waals surface area contributed by atoms with Gasteiger partial charge in [0.15, 0.2) is 5.16 Å². The predicted octanol–water partition coefficient (Wildman–Crippen LogP) is 5.40. The van der Waals surface area contributed by atoms with Gasteiger partial charge in [0.25, 0.3) is 5.91 Å². The quantitative estimate of drug-likeness (QED) is 0.323. The number of nitrogens with zero attached hydrogens (tertiary/aromatic N) is 4. The van der Waals surface area contributed by atoms with Crippen molar-refractivity contribution in [2.24, 2.45) is 0 Å². The SMILES string of the molecule is CCCNC(=O)c1csc(CSc2nnc(Cc3ccccc3)n2-c2cccc(Cl)c2)n1. The van der Waals surface area contributed by atoms with Crippen molar-refractivity contribution in [3.05, 3.63) is 87.1 Å². The summed E-state index contributed by atoms with van der Waals surface area (Å²) in [6.07, 6.45) is 1.54. The number of carbonyl (C=O) groups is 1. The standard InChI is InChI=1S/C23H22ClN5OS2/c1-2-11-25-22(30)19-14-31-21(26-19)15-32-23-28-27-20(12-16-7-4-3-5-8-16)29(23)18-10-6-9-17(24)13-18/h3-10,13-14H,2,11-12,15H2,1H3,(H,25,30). The van der Waals surface area contributed by atoms with Gasteiger partial charge in [-0.25, -0.2) is 4.98 Å². The highest BCUT2D eigenvalue weighted by molar-refractivity contribution is 7.98. The predicted molar refractivity (Wildman–Crippen MR) is 130 cm³/mol. The number of benzene rings is 2. The zero-order valence-corrected chi connectivity index (χ0v) is 19.9. The number of rotatable bonds is 9. The van der Waals surface area contributed by atoms with Crippen molar-refractivity contribution in [3.8, 4) is 5.69 Å². The molecule has 32 heavy (non-hydrogen) atoms. The molecule has 0 atom stereocenters. The van der Waals surface area contributed by atoms with Crippen LogP contribution >= 0.6 is 34.7 Å². The monoisotopic (exact) mass is 483 g/mol. The minimum Gasteiger partial charge on any atom is -0.351 e. The van der Waals surface area contributed by atoms with Crippen molar-refractivity contribution >= 4 is 40.6 Å². The lowest BCUT2D eigenvalue weighted by Crippen LogP contribution is -2.24. The van der Waals surface area contributed by atoms with Gasteiger partial charge in [-0.3, -0.25) is 9.36 Å². The summed E-state index contributed by atoms with van der Waals surface area (Å²) in [5.41, 5.74) is 2.53. The van der Waals surface area contributed by atoms with Gasteiger partial charge in [0.2, 0.25) is 0 Å². The fourth-order valence-electron chi connectivity index (χ4n) is 3.10. The van der Waals surface area contributed by atoms with Crippen molar-refractivity contribution in [2.75, 3.05) is 6.54 Å². The summed E-state index contributed by atoms with van der Waals surface area (Å²) < 4.78 is 2.03. The Morgan fingerprint density at radius 2 is 2.00 bits per heavy atom. The van der Waals surface area contributed by atoms with E-state index in [2.05, 4.69) is 32.6 Å². The maximum absolute atomic E-state index is 12.1. The first kappa shape index (κ1) is 22.5. The van der Waals surface area contributed by atoms with Gasteiger partial charge in [-0.1, -0.05) is 66.7 Å². The molecule has 0 saturated heterocycles. The largest absolute Gasteiger partial charge is 0.351 e. The van der Waals surface area contributed by atoms with Gasteiger partial charge < -0.3 is 5.32 Å². The van der Waals surface area contributed by atoms with Gasteiger partial charge in [-0.05, 0) is 30.2 Å². The number of hydrogen-bond donors (Lipinski definition) is 1. The van der Waals surface area contributed by atoms with Gasteiger partial charge >= 0.3 is 0 Å². The van der Waals surface area contributed by atoms with E-state index in [1.54, 1.807) is 5.38 Å². The number of thiazole rings is 1. The molecule has 0 saturated carbocycles. The van der Waals surface area contributed by atoms with Crippen LogP contribution in [-0.2, 0) is 12.2 Å². The van der Waals surface area contributed by atoms with Crippen LogP contribution in [0.1, 0.15) is 40.2 Å². The number of aromatic nitrogens is 4. The molecule has 0 bridgehead atoms. The minimum atomic E-state index is -0.133. The van der Waals surface area contributed by atoms with Gasteiger partial charge in [0.05, 0.1) is 11.4 Å². The molecule has 0 fully saturated rings. The lowest BCUT2D eigenvalue weighted by molar-refractivity contribution is 0.0949. The van der Waals surface area contributed by atoms with Crippen LogP contribution < -0.4 is 5.32 Å². The molecule has 0 radical (unpaired) electrons. The highest BCUT2D eigenvalue weighted by Gasteiger charge is 2.17. The number of amides is 1. The normalized spacial score (nSPS) is 10.9. The summed E-state index contributed by atoms with van der Waals surface area (Å²) in [6, 6.07) is 17.8. The van der Waals surface area contributed by atoms with Crippen LogP contribution in [0.15, 0.2) is 65.1 Å². The smallest absolute Gasteiger partial charge is 0.270 e. The Hall–Kier alpha value is -2.68. The van der Waals surface area contributed by atoms with E-state index in [0.717, 1.165) is 33.7 Å². The molecule has 0 aliphatic heterocycles. The molecular formula is C23H22ClN5OS2. The first-order valence-corrected chi connectivity index (χ1v) is 12.5. The second-order valence-corrected chi connectivity index (χ2v) is 9.37. The summed E-state index contributed by atoms with van der Waals surface area (Å²) >= 11 is 9.27. The molecule has 2 aromatic carbocycles. The van der Waals surface area contributed by atoms with Crippen molar-refractivity contribution in [3.63, 3.8) is 0 Å². The van der Waals surface area contributed by atoms with E-state index in [9.17, 15) is 4.79 Å². The van der Waals surface area contributed by atoms with Crippen LogP contribution in [0, 0.1) is 0 Å². The number of hydrogen-bond acceptors (Lipinski definition) is 6. The van der Waals surface area contributed by atoms with E-state index in [0.29, 0.717) is 29.4 Å². The van der Waals surface area contributed by atoms with Crippen LogP contribution in [0.4, 0.5) is 0 Å². The average molecular weight is 484 g/mol. The zero-order valence-electron chi connectivity index (χ0n) is 17.5. The second-order valence-electron chi connectivity index (χ2n) is 7.05. The highest BCUT2D eigenvalue weighted by atomic mass is 35.5. The molecule has 4 rings (SSSR count). The molecule has 164 valence electrons. The lowest BCUT2D eigenvalue weighted by Gasteiger charge is -2.10. The van der Waals surface area contributed by atoms with E-state index in [4.69, 9.17) is 11.6 Å². The van der Waals surface area contributed by atoms with Gasteiger partial charge in [0, 0.05) is 23.4 Å². The number of thioether (sulfide) groups is 1. The summed E-state index contributed by atoms with van der Waals surface area (Å²) in [5, 5.41) is 15.8. The van der Waals surface area contributed by atoms with Crippen LogP contribution in [-0.4, -0.2) is 32.2 Å². The number of carbonyl (C=O) groups excluding carboxylic acids is 1. The highest BCUT2D eigenvalue weighted by Crippen LogP contribution is 2.28. The summed E-state index contributed by atoms with van der Waals surface area (Å²) in [7, 11) is 0. The van der Waals surface area contributed by atoms with E-state index in [1.165, 1.54) is 23.1 Å². The van der Waals surface area contributed by atoms with E-state index in [-0.39, 0.29) is 5.91 Å². The van der Waals surface area contributed by atoms with Crippen molar-refractivity contribution < 1.29 is 4.79 Å². The molecule has 0 aliphatic rings. The molecule has 2 heterocycles. The molecule has 0 unspecified atom stereocenters. The molecule has 0 aliphatic carbocycles. The van der Waals surface area contributed by atoms with Gasteiger partial charge in [-0.2, -0.15) is 0 Å². The molecule has 9 heteroatoms. The Morgan fingerprint density at radius 1 is 1.16 bits per heavy atom. The fourth-order valence-corrected chi connectivity index (χ4v) is 5.05. The molecule has 1 N–H and O–H groups in total. The van der Waals surface area contributed by atoms with Crippen LogP contribution in [0.2, 0.25) is 5.02 Å². The van der Waals surface area contributed by atoms with Crippen molar-refractivity contribution in [2.45, 2.75) is 30.7 Å². The second kappa shape index (κ2) is 10.8. The Kier molecular flexibility index (Phi) is 7.57. The summed E-state index contributed by atoms with van der Waals surface area (Å²) in [6.45, 7) is 2.67. The topological polar surface area (TPSA) is 72.7 Å². The van der Waals surface area contributed by atoms with Gasteiger partial charge in [0.1, 0.15) is 16.5 Å². The van der Waals surface area contributed by atoms with Crippen molar-refractivity contribution in [1.82, 2.24) is 25.1 Å². The Balaban J connectivity index is 1.56.